The third-order valence-electron chi connectivity index (χ3n) is 2.20. The SMILES string of the molecule is COc1cc(F)cc(NCc2cc(Br)cs2)c1. The van der Waals surface area contributed by atoms with Crippen molar-refractivity contribution in [3.05, 3.63) is 44.8 Å². The molecule has 0 atom stereocenters. The average molecular weight is 316 g/mol. The summed E-state index contributed by atoms with van der Waals surface area (Å²) >= 11 is 5.04. The fourth-order valence-electron chi connectivity index (χ4n) is 1.42. The number of thiophene rings is 1. The molecule has 1 aromatic heterocycles. The largest absolute Gasteiger partial charge is 0.497 e. The van der Waals surface area contributed by atoms with Gasteiger partial charge in [-0.2, -0.15) is 0 Å². The Bertz CT molecular complexity index is 515. The molecule has 0 saturated carbocycles. The zero-order chi connectivity index (χ0) is 12.3. The monoisotopic (exact) mass is 315 g/mol. The van der Waals surface area contributed by atoms with Crippen molar-refractivity contribution < 1.29 is 9.13 Å². The van der Waals surface area contributed by atoms with Gasteiger partial charge in [-0.25, -0.2) is 4.39 Å². The molecule has 0 aliphatic carbocycles. The molecule has 0 unspecified atom stereocenters. The minimum Gasteiger partial charge on any atom is -0.497 e. The van der Waals surface area contributed by atoms with Crippen LogP contribution < -0.4 is 10.1 Å². The highest BCUT2D eigenvalue weighted by atomic mass is 79.9. The highest BCUT2D eigenvalue weighted by Gasteiger charge is 2.02. The van der Waals surface area contributed by atoms with Gasteiger partial charge in [0.05, 0.1) is 7.11 Å². The van der Waals surface area contributed by atoms with Gasteiger partial charge in [-0.1, -0.05) is 0 Å². The van der Waals surface area contributed by atoms with Gasteiger partial charge in [0.1, 0.15) is 11.6 Å². The number of methoxy groups -OCH3 is 1. The lowest BCUT2D eigenvalue weighted by molar-refractivity contribution is 0.411. The van der Waals surface area contributed by atoms with Crippen LogP contribution in [0.25, 0.3) is 0 Å². The summed E-state index contributed by atoms with van der Waals surface area (Å²) in [6, 6.07) is 6.61. The topological polar surface area (TPSA) is 21.3 Å². The number of nitrogens with one attached hydrogen (secondary N) is 1. The first-order chi connectivity index (χ1) is 8.17. The Hall–Kier alpha value is -1.07. The minimum atomic E-state index is -0.306. The second-order valence-electron chi connectivity index (χ2n) is 3.46. The van der Waals surface area contributed by atoms with E-state index in [9.17, 15) is 4.39 Å². The van der Waals surface area contributed by atoms with Crippen LogP contribution in [0, 0.1) is 5.82 Å². The third kappa shape index (κ3) is 3.44. The van der Waals surface area contributed by atoms with Crippen LogP contribution in [0.2, 0.25) is 0 Å². The van der Waals surface area contributed by atoms with Crippen molar-refractivity contribution >= 4 is 33.0 Å². The van der Waals surface area contributed by atoms with Crippen LogP contribution in [0.5, 0.6) is 5.75 Å². The molecular weight excluding hydrogens is 305 g/mol. The molecule has 0 fully saturated rings. The van der Waals surface area contributed by atoms with Crippen LogP contribution in [-0.2, 0) is 6.54 Å². The summed E-state index contributed by atoms with van der Waals surface area (Å²) in [5, 5.41) is 5.18. The van der Waals surface area contributed by atoms with Crippen molar-refractivity contribution in [1.82, 2.24) is 0 Å². The fourth-order valence-corrected chi connectivity index (χ4v) is 2.81. The molecular formula is C12H11BrFNOS. The predicted molar refractivity (Wildman–Crippen MR) is 72.3 cm³/mol. The van der Waals surface area contributed by atoms with E-state index in [-0.39, 0.29) is 5.82 Å². The first-order valence-corrected chi connectivity index (χ1v) is 6.66. The lowest BCUT2D eigenvalue weighted by atomic mass is 10.3. The molecule has 1 heterocycles. The summed E-state index contributed by atoms with van der Waals surface area (Å²) in [5.41, 5.74) is 0.714. The van der Waals surface area contributed by atoms with E-state index in [1.165, 1.54) is 24.1 Å². The van der Waals surface area contributed by atoms with Crippen molar-refractivity contribution in [2.24, 2.45) is 0 Å². The number of ether oxygens (including phenoxy) is 1. The smallest absolute Gasteiger partial charge is 0.128 e. The summed E-state index contributed by atoms with van der Waals surface area (Å²) in [6.07, 6.45) is 0. The molecule has 5 heteroatoms. The van der Waals surface area contributed by atoms with Crippen LogP contribution in [0.1, 0.15) is 4.88 Å². The highest BCUT2D eigenvalue weighted by Crippen LogP contribution is 2.23. The summed E-state index contributed by atoms with van der Waals surface area (Å²) in [4.78, 5) is 1.18. The third-order valence-corrected chi connectivity index (χ3v) is 3.89. The normalized spacial score (nSPS) is 10.3. The molecule has 0 amide bonds. The van der Waals surface area contributed by atoms with Crippen molar-refractivity contribution in [2.45, 2.75) is 6.54 Å². The van der Waals surface area contributed by atoms with Crippen LogP contribution in [0.15, 0.2) is 34.1 Å². The van der Waals surface area contributed by atoms with E-state index in [0.717, 1.165) is 4.47 Å². The zero-order valence-corrected chi connectivity index (χ0v) is 11.6. The minimum absolute atomic E-state index is 0.306. The molecule has 1 N–H and O–H groups in total. The van der Waals surface area contributed by atoms with Crippen LogP contribution in [-0.4, -0.2) is 7.11 Å². The quantitative estimate of drug-likeness (QED) is 0.909. The number of benzene rings is 1. The Morgan fingerprint density at radius 3 is 2.82 bits per heavy atom. The molecule has 90 valence electrons. The molecule has 0 radical (unpaired) electrons. The maximum Gasteiger partial charge on any atom is 0.128 e. The van der Waals surface area contributed by atoms with E-state index < -0.39 is 0 Å². The van der Waals surface area contributed by atoms with Gasteiger partial charge in [0, 0.05) is 39.1 Å². The highest BCUT2D eigenvalue weighted by molar-refractivity contribution is 9.10. The Morgan fingerprint density at radius 2 is 2.18 bits per heavy atom. The molecule has 0 spiro atoms. The van der Waals surface area contributed by atoms with Gasteiger partial charge in [0.25, 0.3) is 0 Å². The van der Waals surface area contributed by atoms with Gasteiger partial charge in [-0.15, -0.1) is 11.3 Å². The summed E-state index contributed by atoms with van der Waals surface area (Å²) < 4.78 is 19.3. The fraction of sp³-hybridized carbons (Fsp3) is 0.167. The molecule has 0 aliphatic heterocycles. The van der Waals surface area contributed by atoms with E-state index in [4.69, 9.17) is 4.74 Å². The van der Waals surface area contributed by atoms with Crippen molar-refractivity contribution in [2.75, 3.05) is 12.4 Å². The number of anilines is 1. The average Bonchev–Trinajstić information content (AvgIpc) is 2.72. The summed E-state index contributed by atoms with van der Waals surface area (Å²) in [6.45, 7) is 0.670. The molecule has 17 heavy (non-hydrogen) atoms. The summed E-state index contributed by atoms with van der Waals surface area (Å²) in [5.74, 6) is 0.207. The first-order valence-electron chi connectivity index (χ1n) is 4.99. The Morgan fingerprint density at radius 1 is 1.35 bits per heavy atom. The number of hydrogen-bond acceptors (Lipinski definition) is 3. The molecule has 1 aromatic carbocycles. The van der Waals surface area contributed by atoms with Gasteiger partial charge in [0.2, 0.25) is 0 Å². The van der Waals surface area contributed by atoms with E-state index in [0.29, 0.717) is 18.0 Å². The molecule has 2 nitrogen and oxygen atoms in total. The second-order valence-corrected chi connectivity index (χ2v) is 5.38. The van der Waals surface area contributed by atoms with Gasteiger partial charge in [0.15, 0.2) is 0 Å². The second kappa shape index (κ2) is 5.51. The van der Waals surface area contributed by atoms with Gasteiger partial charge in [-0.05, 0) is 28.1 Å². The molecule has 2 rings (SSSR count). The standard InChI is InChI=1S/C12H11BrFNOS/c1-16-11-4-9(14)3-10(5-11)15-6-12-2-8(13)7-17-12/h2-5,7,15H,6H2,1H3. The van der Waals surface area contributed by atoms with Crippen molar-refractivity contribution in [3.8, 4) is 5.75 Å². The molecule has 0 aliphatic rings. The predicted octanol–water partition coefficient (Wildman–Crippen LogP) is 4.27. The van der Waals surface area contributed by atoms with Crippen LogP contribution in [0.4, 0.5) is 10.1 Å². The Balaban J connectivity index is 2.05. The lowest BCUT2D eigenvalue weighted by Gasteiger charge is -2.07. The van der Waals surface area contributed by atoms with E-state index >= 15 is 0 Å². The maximum atomic E-state index is 13.2. The Kier molecular flexibility index (Phi) is 4.02. The van der Waals surface area contributed by atoms with Gasteiger partial charge < -0.3 is 10.1 Å². The first kappa shape index (κ1) is 12.4. The number of hydrogen-bond donors (Lipinski definition) is 1. The zero-order valence-electron chi connectivity index (χ0n) is 9.17. The molecule has 0 saturated heterocycles. The Labute approximate surface area is 112 Å². The van der Waals surface area contributed by atoms with E-state index in [1.54, 1.807) is 17.4 Å². The van der Waals surface area contributed by atoms with Gasteiger partial charge >= 0.3 is 0 Å². The van der Waals surface area contributed by atoms with Crippen LogP contribution >= 0.6 is 27.3 Å². The number of halogens is 2. The number of rotatable bonds is 4. The van der Waals surface area contributed by atoms with Crippen molar-refractivity contribution in [1.29, 1.82) is 0 Å². The lowest BCUT2D eigenvalue weighted by Crippen LogP contribution is -1.98. The van der Waals surface area contributed by atoms with Crippen LogP contribution in [0.3, 0.4) is 0 Å². The molecule has 2 aromatic rings. The summed E-state index contributed by atoms with van der Waals surface area (Å²) in [7, 11) is 1.52. The molecule has 0 bridgehead atoms. The maximum absolute atomic E-state index is 13.2. The van der Waals surface area contributed by atoms with Gasteiger partial charge in [-0.3, -0.25) is 0 Å². The van der Waals surface area contributed by atoms with Crippen molar-refractivity contribution in [3.63, 3.8) is 0 Å². The van der Waals surface area contributed by atoms with E-state index in [2.05, 4.69) is 21.2 Å². The van der Waals surface area contributed by atoms with E-state index in [1.807, 2.05) is 11.4 Å².